The summed E-state index contributed by atoms with van der Waals surface area (Å²) in [5.41, 5.74) is 3.08. The summed E-state index contributed by atoms with van der Waals surface area (Å²) in [7, 11) is 0. The molecule has 0 fully saturated rings. The molecule has 23 heavy (non-hydrogen) atoms. The number of aromatic nitrogens is 1. The zero-order valence-electron chi connectivity index (χ0n) is 12.4. The van der Waals surface area contributed by atoms with Crippen molar-refractivity contribution >= 4 is 34.2 Å². The SMILES string of the molecule is O=C(C[n+]1cccc(-c2ccccc2)c1)Nc1ccccc1I. The van der Waals surface area contributed by atoms with E-state index in [4.69, 9.17) is 0 Å². The normalized spacial score (nSPS) is 10.3. The maximum Gasteiger partial charge on any atom is 0.290 e. The van der Waals surface area contributed by atoms with E-state index in [2.05, 4.69) is 40.0 Å². The molecule has 0 radical (unpaired) electrons. The van der Waals surface area contributed by atoms with Crippen LogP contribution in [-0.4, -0.2) is 5.91 Å². The first-order chi connectivity index (χ1) is 11.2. The molecule has 1 aromatic heterocycles. The number of anilines is 1. The number of halogens is 1. The summed E-state index contributed by atoms with van der Waals surface area (Å²) in [6.07, 6.45) is 3.90. The number of pyridine rings is 1. The minimum absolute atomic E-state index is 0.0377. The summed E-state index contributed by atoms with van der Waals surface area (Å²) in [5, 5.41) is 2.95. The number of nitrogens with one attached hydrogen (secondary N) is 1. The van der Waals surface area contributed by atoms with E-state index in [-0.39, 0.29) is 12.5 Å². The van der Waals surface area contributed by atoms with E-state index < -0.39 is 0 Å². The highest BCUT2D eigenvalue weighted by Crippen LogP contribution is 2.17. The molecule has 3 rings (SSSR count). The Labute approximate surface area is 149 Å². The number of carbonyl (C=O) groups excluding carboxylic acids is 1. The van der Waals surface area contributed by atoms with Gasteiger partial charge in [-0.15, -0.1) is 0 Å². The lowest BCUT2D eigenvalue weighted by molar-refractivity contribution is -0.683. The van der Waals surface area contributed by atoms with Gasteiger partial charge in [-0.05, 0) is 46.4 Å². The van der Waals surface area contributed by atoms with Crippen molar-refractivity contribution in [2.24, 2.45) is 0 Å². The number of para-hydroxylation sites is 1. The quantitative estimate of drug-likeness (QED) is 0.509. The van der Waals surface area contributed by atoms with E-state index in [9.17, 15) is 4.79 Å². The van der Waals surface area contributed by atoms with Gasteiger partial charge in [-0.2, -0.15) is 4.57 Å². The zero-order valence-corrected chi connectivity index (χ0v) is 14.6. The molecule has 0 saturated heterocycles. The number of rotatable bonds is 4. The highest BCUT2D eigenvalue weighted by atomic mass is 127. The van der Waals surface area contributed by atoms with Crippen LogP contribution in [0, 0.1) is 3.57 Å². The molecule has 0 unspecified atom stereocenters. The highest BCUT2D eigenvalue weighted by Gasteiger charge is 2.12. The Balaban J connectivity index is 1.73. The molecular formula is C19H16IN2O+. The van der Waals surface area contributed by atoms with Crippen LogP contribution in [0.1, 0.15) is 0 Å². The fourth-order valence-electron chi connectivity index (χ4n) is 2.34. The van der Waals surface area contributed by atoms with Gasteiger partial charge in [0.15, 0.2) is 12.4 Å². The summed E-state index contributed by atoms with van der Waals surface area (Å²) in [5.74, 6) is -0.0377. The molecule has 0 aliphatic rings. The van der Waals surface area contributed by atoms with E-state index in [1.807, 2.05) is 71.6 Å². The summed E-state index contributed by atoms with van der Waals surface area (Å²) >= 11 is 2.22. The van der Waals surface area contributed by atoms with E-state index in [0.29, 0.717) is 0 Å². The Kier molecular flexibility index (Phi) is 5.02. The van der Waals surface area contributed by atoms with Crippen LogP contribution in [0.25, 0.3) is 11.1 Å². The molecule has 0 atom stereocenters. The number of nitrogens with zero attached hydrogens (tertiary/aromatic N) is 1. The minimum Gasteiger partial charge on any atom is -0.320 e. The van der Waals surface area contributed by atoms with E-state index in [0.717, 1.165) is 20.4 Å². The molecule has 1 heterocycles. The molecule has 0 bridgehead atoms. The van der Waals surface area contributed by atoms with Gasteiger partial charge in [-0.3, -0.25) is 4.79 Å². The summed E-state index contributed by atoms with van der Waals surface area (Å²) < 4.78 is 2.93. The monoisotopic (exact) mass is 415 g/mol. The van der Waals surface area contributed by atoms with Gasteiger partial charge < -0.3 is 5.32 Å². The van der Waals surface area contributed by atoms with Crippen molar-refractivity contribution in [3.05, 3.63) is 82.7 Å². The molecule has 3 aromatic rings. The molecule has 0 aliphatic carbocycles. The van der Waals surface area contributed by atoms with Crippen molar-refractivity contribution in [3.8, 4) is 11.1 Å². The van der Waals surface area contributed by atoms with Gasteiger partial charge in [0.1, 0.15) is 0 Å². The number of amides is 1. The fourth-order valence-corrected chi connectivity index (χ4v) is 2.86. The first kappa shape index (κ1) is 15.7. The largest absolute Gasteiger partial charge is 0.320 e. The average Bonchev–Trinajstić information content (AvgIpc) is 2.58. The van der Waals surface area contributed by atoms with Gasteiger partial charge in [0.05, 0.1) is 5.69 Å². The third-order valence-electron chi connectivity index (χ3n) is 3.44. The second-order valence-electron chi connectivity index (χ2n) is 5.16. The Morgan fingerprint density at radius 2 is 1.61 bits per heavy atom. The predicted octanol–water partition coefficient (Wildman–Crippen LogP) is 3.88. The van der Waals surface area contributed by atoms with Crippen molar-refractivity contribution in [3.63, 3.8) is 0 Å². The maximum absolute atomic E-state index is 12.2. The molecule has 114 valence electrons. The second kappa shape index (κ2) is 7.37. The lowest BCUT2D eigenvalue weighted by Crippen LogP contribution is -2.39. The fraction of sp³-hybridized carbons (Fsp3) is 0.0526. The van der Waals surface area contributed by atoms with Crippen LogP contribution in [0.5, 0.6) is 0 Å². The van der Waals surface area contributed by atoms with Gasteiger partial charge >= 0.3 is 0 Å². The first-order valence-electron chi connectivity index (χ1n) is 7.31. The Morgan fingerprint density at radius 3 is 2.39 bits per heavy atom. The van der Waals surface area contributed by atoms with Gasteiger partial charge in [0.2, 0.25) is 6.54 Å². The molecule has 1 N–H and O–H groups in total. The van der Waals surface area contributed by atoms with Gasteiger partial charge in [0, 0.05) is 15.2 Å². The van der Waals surface area contributed by atoms with Crippen LogP contribution >= 0.6 is 22.6 Å². The molecule has 1 amide bonds. The molecule has 2 aromatic carbocycles. The van der Waals surface area contributed by atoms with E-state index in [1.54, 1.807) is 0 Å². The molecule has 0 spiro atoms. The predicted molar refractivity (Wildman–Crippen MR) is 99.9 cm³/mol. The van der Waals surface area contributed by atoms with Crippen molar-refractivity contribution < 1.29 is 9.36 Å². The summed E-state index contributed by atoms with van der Waals surface area (Å²) in [6, 6.07) is 21.9. The van der Waals surface area contributed by atoms with Crippen molar-refractivity contribution in [2.45, 2.75) is 6.54 Å². The average molecular weight is 415 g/mol. The summed E-state index contributed by atoms with van der Waals surface area (Å²) in [4.78, 5) is 12.2. The third-order valence-corrected chi connectivity index (χ3v) is 4.38. The first-order valence-corrected chi connectivity index (χ1v) is 8.39. The lowest BCUT2D eigenvalue weighted by atomic mass is 10.1. The van der Waals surface area contributed by atoms with Crippen LogP contribution in [0.15, 0.2) is 79.1 Å². The third kappa shape index (κ3) is 4.16. The maximum atomic E-state index is 12.2. The topological polar surface area (TPSA) is 33.0 Å². The smallest absolute Gasteiger partial charge is 0.290 e. The van der Waals surface area contributed by atoms with Crippen LogP contribution < -0.4 is 9.88 Å². The number of carbonyl (C=O) groups is 1. The van der Waals surface area contributed by atoms with Crippen molar-refractivity contribution in [1.82, 2.24) is 0 Å². The van der Waals surface area contributed by atoms with Gasteiger partial charge in [-0.1, -0.05) is 42.5 Å². The number of benzene rings is 2. The highest BCUT2D eigenvalue weighted by molar-refractivity contribution is 14.1. The van der Waals surface area contributed by atoms with E-state index >= 15 is 0 Å². The molecule has 0 aliphatic heterocycles. The second-order valence-corrected chi connectivity index (χ2v) is 6.32. The van der Waals surface area contributed by atoms with Crippen LogP contribution in [0.3, 0.4) is 0 Å². The van der Waals surface area contributed by atoms with Gasteiger partial charge in [-0.25, -0.2) is 0 Å². The number of hydrogen-bond donors (Lipinski definition) is 1. The molecule has 4 heteroatoms. The minimum atomic E-state index is -0.0377. The van der Waals surface area contributed by atoms with Crippen molar-refractivity contribution in [1.29, 1.82) is 0 Å². The zero-order chi connectivity index (χ0) is 16.1. The van der Waals surface area contributed by atoms with Crippen LogP contribution in [0.2, 0.25) is 0 Å². The molecule has 0 saturated carbocycles. The standard InChI is InChI=1S/C19H15IN2O/c20-17-10-4-5-11-18(17)21-19(23)14-22-12-6-9-16(13-22)15-7-2-1-3-8-15/h1-13H,14H2/p+1. The van der Waals surface area contributed by atoms with Crippen molar-refractivity contribution in [2.75, 3.05) is 5.32 Å². The van der Waals surface area contributed by atoms with Crippen LogP contribution in [0.4, 0.5) is 5.69 Å². The van der Waals surface area contributed by atoms with Crippen LogP contribution in [-0.2, 0) is 11.3 Å². The Hall–Kier alpha value is -2.21. The Morgan fingerprint density at radius 1 is 0.913 bits per heavy atom. The number of hydrogen-bond acceptors (Lipinski definition) is 1. The van der Waals surface area contributed by atoms with Gasteiger partial charge in [0.25, 0.3) is 5.91 Å². The van der Waals surface area contributed by atoms with E-state index in [1.165, 1.54) is 0 Å². The molecular weight excluding hydrogens is 399 g/mol. The summed E-state index contributed by atoms with van der Waals surface area (Å²) in [6.45, 7) is 0.283. The Bertz CT molecular complexity index is 818. The molecule has 3 nitrogen and oxygen atoms in total. The lowest BCUT2D eigenvalue weighted by Gasteiger charge is -2.06.